The third-order valence-corrected chi connectivity index (χ3v) is 5.33. The molecule has 0 bridgehead atoms. The highest BCUT2D eigenvalue weighted by atomic mass is 35.5. The van der Waals surface area contributed by atoms with Crippen LogP contribution < -0.4 is 5.32 Å². The Hall–Kier alpha value is -2.98. The molecule has 1 aromatic carbocycles. The third kappa shape index (κ3) is 6.02. The molecule has 0 fully saturated rings. The van der Waals surface area contributed by atoms with Gasteiger partial charge in [0.05, 0.1) is 29.4 Å². The Kier molecular flexibility index (Phi) is 8.52. The number of benzene rings is 1. The molecule has 1 amide bonds. The minimum Gasteiger partial charge on any atom is -0.462 e. The summed E-state index contributed by atoms with van der Waals surface area (Å²) in [4.78, 5) is 49.0. The SMILES string of the molecule is CCOC(=O)c1sc(NC(=O)COC(=O)c2ccc(F)cc2Cl)c(C(=O)OCC)c1C. The monoisotopic (exact) mass is 471 g/mol. The molecule has 0 radical (unpaired) electrons. The molecule has 0 aliphatic heterocycles. The van der Waals surface area contributed by atoms with Gasteiger partial charge in [-0.25, -0.2) is 18.8 Å². The Morgan fingerprint density at radius 3 is 2.29 bits per heavy atom. The standard InChI is InChI=1S/C20H19ClFNO7S/c1-4-28-19(26)15-10(3)16(20(27)29-5-2)31-17(15)23-14(24)9-30-18(25)12-7-6-11(22)8-13(12)21/h6-8H,4-5,9H2,1-3H3,(H,23,24). The van der Waals surface area contributed by atoms with Crippen LogP contribution in [0.2, 0.25) is 5.02 Å². The normalized spacial score (nSPS) is 10.4. The Morgan fingerprint density at radius 2 is 1.68 bits per heavy atom. The molecule has 11 heteroatoms. The lowest BCUT2D eigenvalue weighted by Crippen LogP contribution is -2.22. The highest BCUT2D eigenvalue weighted by Crippen LogP contribution is 2.34. The lowest BCUT2D eigenvalue weighted by atomic mass is 10.1. The van der Waals surface area contributed by atoms with Gasteiger partial charge in [0.1, 0.15) is 15.7 Å². The summed E-state index contributed by atoms with van der Waals surface area (Å²) in [5, 5.41) is 2.33. The van der Waals surface area contributed by atoms with Crippen molar-refractivity contribution in [2.75, 3.05) is 25.1 Å². The van der Waals surface area contributed by atoms with Gasteiger partial charge in [0.25, 0.3) is 5.91 Å². The van der Waals surface area contributed by atoms with Gasteiger partial charge in [0.2, 0.25) is 0 Å². The maximum Gasteiger partial charge on any atom is 0.348 e. The number of hydrogen-bond acceptors (Lipinski definition) is 8. The number of nitrogens with one attached hydrogen (secondary N) is 1. The van der Waals surface area contributed by atoms with Crippen LogP contribution in [0.1, 0.15) is 49.8 Å². The molecule has 0 unspecified atom stereocenters. The first kappa shape index (κ1) is 24.3. The Labute approximate surface area is 186 Å². The number of ether oxygens (including phenoxy) is 3. The first-order chi connectivity index (χ1) is 14.7. The summed E-state index contributed by atoms with van der Waals surface area (Å²) in [5.74, 6) is -3.70. The van der Waals surface area contributed by atoms with Crippen molar-refractivity contribution >= 4 is 51.8 Å². The van der Waals surface area contributed by atoms with Gasteiger partial charge in [-0.3, -0.25) is 4.79 Å². The molecule has 0 aliphatic rings. The fourth-order valence-corrected chi connectivity index (χ4v) is 3.82. The summed E-state index contributed by atoms with van der Waals surface area (Å²) in [6, 6.07) is 3.10. The summed E-state index contributed by atoms with van der Waals surface area (Å²) >= 11 is 6.64. The van der Waals surface area contributed by atoms with Crippen molar-refractivity contribution in [2.45, 2.75) is 20.8 Å². The number of amides is 1. The fourth-order valence-electron chi connectivity index (χ4n) is 2.47. The molecule has 31 heavy (non-hydrogen) atoms. The molecule has 1 heterocycles. The summed E-state index contributed by atoms with van der Waals surface area (Å²) < 4.78 is 28.0. The number of anilines is 1. The zero-order valence-corrected chi connectivity index (χ0v) is 18.4. The molecule has 0 atom stereocenters. The van der Waals surface area contributed by atoms with Crippen molar-refractivity contribution in [1.29, 1.82) is 0 Å². The summed E-state index contributed by atoms with van der Waals surface area (Å²) in [6.07, 6.45) is 0. The zero-order chi connectivity index (χ0) is 23.1. The number of thiophene rings is 1. The van der Waals surface area contributed by atoms with Gasteiger partial charge in [-0.1, -0.05) is 11.6 Å². The van der Waals surface area contributed by atoms with Gasteiger partial charge < -0.3 is 19.5 Å². The number of halogens is 2. The van der Waals surface area contributed by atoms with Crippen LogP contribution in [0.3, 0.4) is 0 Å². The topological polar surface area (TPSA) is 108 Å². The van der Waals surface area contributed by atoms with E-state index in [1.54, 1.807) is 13.8 Å². The summed E-state index contributed by atoms with van der Waals surface area (Å²) in [6.45, 7) is 4.30. The quantitative estimate of drug-likeness (QED) is 0.458. The smallest absolute Gasteiger partial charge is 0.348 e. The van der Waals surface area contributed by atoms with E-state index in [1.165, 1.54) is 6.92 Å². The number of esters is 3. The van der Waals surface area contributed by atoms with Crippen LogP contribution >= 0.6 is 22.9 Å². The van der Waals surface area contributed by atoms with Crippen molar-refractivity contribution in [1.82, 2.24) is 0 Å². The van der Waals surface area contributed by atoms with Gasteiger partial charge in [0, 0.05) is 0 Å². The van der Waals surface area contributed by atoms with E-state index in [1.807, 2.05) is 0 Å². The van der Waals surface area contributed by atoms with Crippen molar-refractivity contribution in [3.63, 3.8) is 0 Å². The third-order valence-electron chi connectivity index (χ3n) is 3.83. The van der Waals surface area contributed by atoms with Crippen LogP contribution in [-0.4, -0.2) is 43.6 Å². The second-order valence-electron chi connectivity index (χ2n) is 5.95. The maximum atomic E-state index is 13.1. The van der Waals surface area contributed by atoms with E-state index in [-0.39, 0.29) is 39.2 Å². The number of carbonyl (C=O) groups excluding carboxylic acids is 4. The van der Waals surface area contributed by atoms with E-state index < -0.39 is 36.2 Å². The van der Waals surface area contributed by atoms with Crippen molar-refractivity contribution < 1.29 is 37.8 Å². The molecule has 2 rings (SSSR count). The van der Waals surface area contributed by atoms with Crippen LogP contribution in [-0.2, 0) is 19.0 Å². The molecule has 2 aromatic rings. The van der Waals surface area contributed by atoms with E-state index in [0.29, 0.717) is 5.56 Å². The molecule has 166 valence electrons. The van der Waals surface area contributed by atoms with Gasteiger partial charge in [-0.15, -0.1) is 11.3 Å². The molecule has 0 spiro atoms. The fraction of sp³-hybridized carbons (Fsp3) is 0.300. The lowest BCUT2D eigenvalue weighted by molar-refractivity contribution is -0.119. The van der Waals surface area contributed by atoms with Crippen LogP contribution in [0, 0.1) is 12.7 Å². The largest absolute Gasteiger partial charge is 0.462 e. The Morgan fingerprint density at radius 1 is 1.03 bits per heavy atom. The van der Waals surface area contributed by atoms with Crippen molar-refractivity contribution in [3.8, 4) is 0 Å². The first-order valence-electron chi connectivity index (χ1n) is 9.09. The second kappa shape index (κ2) is 10.9. The Balaban J connectivity index is 2.17. The number of rotatable bonds is 8. The summed E-state index contributed by atoms with van der Waals surface area (Å²) in [5.41, 5.74) is 0.197. The average Bonchev–Trinajstić information content (AvgIpc) is 3.02. The molecule has 1 N–H and O–H groups in total. The van der Waals surface area contributed by atoms with E-state index in [0.717, 1.165) is 29.5 Å². The average molecular weight is 472 g/mol. The van der Waals surface area contributed by atoms with Gasteiger partial charge in [-0.2, -0.15) is 0 Å². The van der Waals surface area contributed by atoms with Gasteiger partial charge >= 0.3 is 17.9 Å². The second-order valence-corrected chi connectivity index (χ2v) is 7.38. The van der Waals surface area contributed by atoms with Crippen LogP contribution in [0.25, 0.3) is 0 Å². The van der Waals surface area contributed by atoms with Crippen LogP contribution in [0.4, 0.5) is 9.39 Å². The predicted molar refractivity (Wildman–Crippen MR) is 111 cm³/mol. The molecule has 1 aromatic heterocycles. The molecule has 0 saturated carbocycles. The van der Waals surface area contributed by atoms with Crippen LogP contribution in [0.5, 0.6) is 0 Å². The minimum absolute atomic E-state index is 0.0103. The van der Waals surface area contributed by atoms with E-state index in [4.69, 9.17) is 25.8 Å². The molecule has 0 saturated heterocycles. The van der Waals surface area contributed by atoms with Gasteiger partial charge in [0.15, 0.2) is 6.61 Å². The molecular formula is C20H19ClFNO7S. The predicted octanol–water partition coefficient (Wildman–Crippen LogP) is 4.00. The number of carbonyl (C=O) groups is 4. The lowest BCUT2D eigenvalue weighted by Gasteiger charge is -2.08. The molecule has 8 nitrogen and oxygen atoms in total. The first-order valence-corrected chi connectivity index (χ1v) is 10.3. The van der Waals surface area contributed by atoms with E-state index >= 15 is 0 Å². The van der Waals surface area contributed by atoms with Crippen molar-refractivity contribution in [3.05, 3.63) is 50.6 Å². The highest BCUT2D eigenvalue weighted by Gasteiger charge is 2.27. The zero-order valence-electron chi connectivity index (χ0n) is 16.9. The number of hydrogen-bond donors (Lipinski definition) is 1. The highest BCUT2D eigenvalue weighted by molar-refractivity contribution is 7.18. The van der Waals surface area contributed by atoms with Gasteiger partial charge in [-0.05, 0) is 44.5 Å². The van der Waals surface area contributed by atoms with Crippen molar-refractivity contribution in [2.24, 2.45) is 0 Å². The molecule has 0 aliphatic carbocycles. The minimum atomic E-state index is -0.930. The Bertz CT molecular complexity index is 1020. The molecular weight excluding hydrogens is 453 g/mol. The summed E-state index contributed by atoms with van der Waals surface area (Å²) in [7, 11) is 0. The van der Waals surface area contributed by atoms with E-state index in [9.17, 15) is 23.6 Å². The maximum absolute atomic E-state index is 13.1. The van der Waals surface area contributed by atoms with E-state index in [2.05, 4.69) is 5.32 Å². The van der Waals surface area contributed by atoms with Crippen LogP contribution in [0.15, 0.2) is 18.2 Å².